The van der Waals surface area contributed by atoms with Gasteiger partial charge in [-0.2, -0.15) is 0 Å². The van der Waals surface area contributed by atoms with Gasteiger partial charge in [0.15, 0.2) is 11.6 Å². The molecule has 0 aromatic carbocycles. The molecule has 2 heteroatoms. The molecule has 128 valence electrons. The fourth-order valence-electron chi connectivity index (χ4n) is 2.65. The molecule has 0 atom stereocenters. The number of ketones is 2. The van der Waals surface area contributed by atoms with Crippen molar-refractivity contribution in [3.05, 3.63) is 12.2 Å². The van der Waals surface area contributed by atoms with Gasteiger partial charge in [-0.1, -0.05) is 90.6 Å². The molecule has 0 fully saturated rings. The van der Waals surface area contributed by atoms with Crippen LogP contribution in [0.2, 0.25) is 0 Å². The van der Waals surface area contributed by atoms with Crippen molar-refractivity contribution in [1.82, 2.24) is 0 Å². The van der Waals surface area contributed by atoms with Gasteiger partial charge in [-0.15, -0.1) is 0 Å². The molecule has 0 bridgehead atoms. The smallest absolute Gasteiger partial charge is 0.165 e. The molecule has 0 N–H and O–H groups in total. The average molecular weight is 309 g/mol. The van der Waals surface area contributed by atoms with E-state index in [1.165, 1.54) is 77.6 Å². The molecule has 0 radical (unpaired) electrons. The van der Waals surface area contributed by atoms with Crippen LogP contribution in [0.15, 0.2) is 12.2 Å². The Morgan fingerprint density at radius 2 is 1.05 bits per heavy atom. The van der Waals surface area contributed by atoms with E-state index in [0.717, 1.165) is 12.8 Å². The molecule has 0 unspecified atom stereocenters. The molecule has 0 aliphatic carbocycles. The summed E-state index contributed by atoms with van der Waals surface area (Å²) in [6.07, 6.45) is 17.3. The number of Topliss-reactive ketones (excluding diaryl/α,β-unsaturated/α-hetero) is 2. The van der Waals surface area contributed by atoms with E-state index in [0.29, 0.717) is 6.42 Å². The van der Waals surface area contributed by atoms with Crippen molar-refractivity contribution in [2.24, 2.45) is 0 Å². The van der Waals surface area contributed by atoms with Gasteiger partial charge in [0.1, 0.15) is 0 Å². The quantitative estimate of drug-likeness (QED) is 0.148. The van der Waals surface area contributed by atoms with Crippen LogP contribution in [0.3, 0.4) is 0 Å². The van der Waals surface area contributed by atoms with Gasteiger partial charge in [0.25, 0.3) is 0 Å². The third kappa shape index (κ3) is 12.8. The number of allylic oxidation sites excluding steroid dienone is 1. The van der Waals surface area contributed by atoms with Gasteiger partial charge in [0, 0.05) is 6.42 Å². The Morgan fingerprint density at radius 3 is 1.41 bits per heavy atom. The molecule has 0 aliphatic heterocycles. The lowest BCUT2D eigenvalue weighted by atomic mass is 10.0. The van der Waals surface area contributed by atoms with Crippen LogP contribution in [-0.4, -0.2) is 11.6 Å². The van der Waals surface area contributed by atoms with Crippen molar-refractivity contribution in [2.75, 3.05) is 0 Å². The van der Waals surface area contributed by atoms with Gasteiger partial charge in [0.2, 0.25) is 0 Å². The third-order valence-corrected chi connectivity index (χ3v) is 4.27. The van der Waals surface area contributed by atoms with E-state index in [4.69, 9.17) is 0 Å². The molecule has 22 heavy (non-hydrogen) atoms. The Labute approximate surface area is 137 Å². The summed E-state index contributed by atoms with van der Waals surface area (Å²) >= 11 is 0. The van der Waals surface area contributed by atoms with Crippen LogP contribution in [0.25, 0.3) is 0 Å². The van der Waals surface area contributed by atoms with Crippen LogP contribution in [0.1, 0.15) is 104 Å². The van der Waals surface area contributed by atoms with Crippen LogP contribution in [0.4, 0.5) is 0 Å². The van der Waals surface area contributed by atoms with Crippen LogP contribution in [0.5, 0.6) is 0 Å². The lowest BCUT2D eigenvalue weighted by molar-refractivity contribution is -0.120. The SMILES string of the molecule is C=C(C(C)=O)C(=O)CCCCCCCCCCCCCCC. The largest absolute Gasteiger partial charge is 0.294 e. The molecule has 0 aliphatic rings. The van der Waals surface area contributed by atoms with Crippen molar-refractivity contribution in [2.45, 2.75) is 104 Å². The molecule has 0 saturated heterocycles. The van der Waals surface area contributed by atoms with E-state index >= 15 is 0 Å². The highest BCUT2D eigenvalue weighted by Gasteiger charge is 2.10. The van der Waals surface area contributed by atoms with Crippen molar-refractivity contribution in [1.29, 1.82) is 0 Å². The highest BCUT2D eigenvalue weighted by Crippen LogP contribution is 2.13. The maximum absolute atomic E-state index is 11.6. The summed E-state index contributed by atoms with van der Waals surface area (Å²) < 4.78 is 0. The minimum Gasteiger partial charge on any atom is -0.294 e. The molecular weight excluding hydrogens is 272 g/mol. The topological polar surface area (TPSA) is 34.1 Å². The fourth-order valence-corrected chi connectivity index (χ4v) is 2.65. The van der Waals surface area contributed by atoms with E-state index in [2.05, 4.69) is 13.5 Å². The average Bonchev–Trinajstić information content (AvgIpc) is 2.50. The second-order valence-corrected chi connectivity index (χ2v) is 6.45. The Hall–Kier alpha value is -0.920. The number of hydrogen-bond acceptors (Lipinski definition) is 2. The monoisotopic (exact) mass is 308 g/mol. The van der Waals surface area contributed by atoms with Gasteiger partial charge < -0.3 is 0 Å². The van der Waals surface area contributed by atoms with Gasteiger partial charge in [0.05, 0.1) is 5.57 Å². The molecule has 0 heterocycles. The number of rotatable bonds is 16. The lowest BCUT2D eigenvalue weighted by Crippen LogP contribution is -2.08. The summed E-state index contributed by atoms with van der Waals surface area (Å²) in [5.41, 5.74) is 0.166. The van der Waals surface area contributed by atoms with Crippen LogP contribution < -0.4 is 0 Å². The molecule has 2 nitrogen and oxygen atoms in total. The third-order valence-electron chi connectivity index (χ3n) is 4.27. The normalized spacial score (nSPS) is 10.6. The van der Waals surface area contributed by atoms with E-state index in [-0.39, 0.29) is 17.1 Å². The van der Waals surface area contributed by atoms with Crippen LogP contribution in [0, 0.1) is 0 Å². The van der Waals surface area contributed by atoms with E-state index in [1.807, 2.05) is 0 Å². The Balaban J connectivity index is 3.22. The van der Waals surface area contributed by atoms with Gasteiger partial charge in [-0.3, -0.25) is 9.59 Å². The van der Waals surface area contributed by atoms with Gasteiger partial charge in [-0.05, 0) is 13.3 Å². The molecule has 0 amide bonds. The summed E-state index contributed by atoms with van der Waals surface area (Å²) in [6, 6.07) is 0. The first-order chi connectivity index (χ1) is 10.6. The van der Waals surface area contributed by atoms with Crippen LogP contribution >= 0.6 is 0 Å². The van der Waals surface area contributed by atoms with Crippen molar-refractivity contribution < 1.29 is 9.59 Å². The number of unbranched alkanes of at least 4 members (excludes halogenated alkanes) is 12. The van der Waals surface area contributed by atoms with Gasteiger partial charge >= 0.3 is 0 Å². The van der Waals surface area contributed by atoms with Crippen molar-refractivity contribution in [3.63, 3.8) is 0 Å². The zero-order chi connectivity index (χ0) is 16.6. The summed E-state index contributed by atoms with van der Waals surface area (Å²) in [4.78, 5) is 22.6. The Bertz CT molecular complexity index is 318. The summed E-state index contributed by atoms with van der Waals surface area (Å²) in [5.74, 6) is -0.268. The highest BCUT2D eigenvalue weighted by molar-refractivity contribution is 6.18. The summed E-state index contributed by atoms with van der Waals surface area (Å²) in [6.45, 7) is 7.20. The molecule has 0 aromatic heterocycles. The first-order valence-electron chi connectivity index (χ1n) is 9.32. The highest BCUT2D eigenvalue weighted by atomic mass is 16.1. The maximum atomic E-state index is 11.6. The molecule has 0 aromatic rings. The second-order valence-electron chi connectivity index (χ2n) is 6.45. The van der Waals surface area contributed by atoms with Gasteiger partial charge in [-0.25, -0.2) is 0 Å². The molecular formula is C20H36O2. The van der Waals surface area contributed by atoms with E-state index in [1.54, 1.807) is 0 Å². The predicted molar refractivity (Wildman–Crippen MR) is 95.1 cm³/mol. The standard InChI is InChI=1S/C20H36O2/c1-4-5-6-7-8-9-10-11-12-13-14-15-16-17-20(22)18(2)19(3)21/h2,4-17H2,1,3H3. The minimum atomic E-state index is -0.195. The van der Waals surface area contributed by atoms with Crippen LogP contribution in [-0.2, 0) is 9.59 Å². The first kappa shape index (κ1) is 21.1. The molecule has 0 spiro atoms. The van der Waals surface area contributed by atoms with Crippen molar-refractivity contribution in [3.8, 4) is 0 Å². The van der Waals surface area contributed by atoms with E-state index < -0.39 is 0 Å². The Morgan fingerprint density at radius 1 is 0.682 bits per heavy atom. The lowest BCUT2D eigenvalue weighted by Gasteiger charge is -2.03. The van der Waals surface area contributed by atoms with Crippen molar-refractivity contribution >= 4 is 11.6 Å². The summed E-state index contributed by atoms with van der Waals surface area (Å²) in [5, 5.41) is 0. The zero-order valence-electron chi connectivity index (χ0n) is 14.9. The number of carbonyl (C=O) groups is 2. The fraction of sp³-hybridized carbons (Fsp3) is 0.800. The van der Waals surface area contributed by atoms with E-state index in [9.17, 15) is 9.59 Å². The first-order valence-corrected chi connectivity index (χ1v) is 9.32. The maximum Gasteiger partial charge on any atom is 0.165 e. The zero-order valence-corrected chi connectivity index (χ0v) is 14.9. The molecule has 0 saturated carbocycles. The second kappa shape index (κ2) is 15.0. The predicted octanol–water partition coefficient (Wildman–Crippen LogP) is 6.18. The summed E-state index contributed by atoms with van der Waals surface area (Å²) in [7, 11) is 0. The number of hydrogen-bond donors (Lipinski definition) is 0. The number of carbonyl (C=O) groups excluding carboxylic acids is 2. The minimum absolute atomic E-state index is 0.0735. The molecule has 0 rings (SSSR count). The Kier molecular flexibility index (Phi) is 14.4.